The number of hydrogen-bond donors (Lipinski definition) is 1. The van der Waals surface area contributed by atoms with E-state index in [2.05, 4.69) is 35.2 Å². The summed E-state index contributed by atoms with van der Waals surface area (Å²) in [5.41, 5.74) is 7.60. The Balaban J connectivity index is 1.71. The molecule has 0 radical (unpaired) electrons. The summed E-state index contributed by atoms with van der Waals surface area (Å²) in [6.45, 7) is 2.29. The third-order valence-electron chi connectivity index (χ3n) is 3.99. The Morgan fingerprint density at radius 3 is 2.60 bits per heavy atom. The second-order valence-electron chi connectivity index (χ2n) is 4.90. The van der Waals surface area contributed by atoms with Gasteiger partial charge < -0.3 is 5.73 Å². The van der Waals surface area contributed by atoms with Gasteiger partial charge in [0.25, 0.3) is 0 Å². The first-order chi connectivity index (χ1) is 7.34. The lowest BCUT2D eigenvalue weighted by Crippen LogP contribution is -2.37. The van der Waals surface area contributed by atoms with Crippen molar-refractivity contribution in [1.29, 1.82) is 0 Å². The second kappa shape index (κ2) is 3.62. The van der Waals surface area contributed by atoms with E-state index in [0.29, 0.717) is 12.1 Å². The van der Waals surface area contributed by atoms with Crippen molar-refractivity contribution in [3.63, 3.8) is 0 Å². The number of rotatable bonds is 2. The topological polar surface area (TPSA) is 29.3 Å². The number of nitrogens with two attached hydrogens (primary N) is 1. The van der Waals surface area contributed by atoms with Gasteiger partial charge in [0, 0.05) is 25.2 Å². The number of benzene rings is 1. The van der Waals surface area contributed by atoms with Crippen LogP contribution in [0.15, 0.2) is 30.3 Å². The van der Waals surface area contributed by atoms with Crippen LogP contribution in [-0.2, 0) is 6.54 Å². The molecule has 2 aliphatic rings. The fourth-order valence-corrected chi connectivity index (χ4v) is 3.16. The molecule has 2 bridgehead atoms. The fourth-order valence-electron chi connectivity index (χ4n) is 3.16. The first-order valence-corrected chi connectivity index (χ1v) is 5.88. The van der Waals surface area contributed by atoms with Crippen LogP contribution in [-0.4, -0.2) is 23.5 Å². The highest BCUT2D eigenvalue weighted by molar-refractivity contribution is 5.16. The lowest BCUT2D eigenvalue weighted by Gasteiger charge is -2.26. The molecule has 2 fully saturated rings. The molecular weight excluding hydrogens is 184 g/mol. The summed E-state index contributed by atoms with van der Waals surface area (Å²) in [7, 11) is 0. The number of hydrogen-bond acceptors (Lipinski definition) is 2. The van der Waals surface area contributed by atoms with E-state index >= 15 is 0 Å². The molecule has 0 unspecified atom stereocenters. The molecule has 0 spiro atoms. The highest BCUT2D eigenvalue weighted by atomic mass is 15.2. The molecule has 3 rings (SSSR count). The van der Waals surface area contributed by atoms with E-state index < -0.39 is 0 Å². The molecule has 15 heavy (non-hydrogen) atoms. The van der Waals surface area contributed by atoms with Gasteiger partial charge in [0.15, 0.2) is 0 Å². The van der Waals surface area contributed by atoms with E-state index in [1.165, 1.54) is 24.9 Å². The predicted molar refractivity (Wildman–Crippen MR) is 61.3 cm³/mol. The van der Waals surface area contributed by atoms with Gasteiger partial charge in [0.1, 0.15) is 0 Å². The molecule has 1 saturated carbocycles. The molecule has 0 aromatic heterocycles. The van der Waals surface area contributed by atoms with Crippen molar-refractivity contribution in [3.05, 3.63) is 35.9 Å². The third-order valence-corrected chi connectivity index (χ3v) is 3.99. The second-order valence-corrected chi connectivity index (χ2v) is 4.90. The molecule has 80 valence electrons. The van der Waals surface area contributed by atoms with Gasteiger partial charge in [0.05, 0.1) is 0 Å². The summed E-state index contributed by atoms with van der Waals surface area (Å²) in [5, 5.41) is 0. The zero-order valence-electron chi connectivity index (χ0n) is 8.97. The predicted octanol–water partition coefficient (Wildman–Crippen LogP) is 1.61. The Bertz CT molecular complexity index is 336. The zero-order chi connectivity index (χ0) is 10.3. The van der Waals surface area contributed by atoms with Crippen LogP contribution in [0.3, 0.4) is 0 Å². The highest BCUT2D eigenvalue weighted by Crippen LogP contribution is 2.37. The molecule has 1 heterocycles. The maximum absolute atomic E-state index is 6.19. The van der Waals surface area contributed by atoms with Crippen LogP contribution in [0.1, 0.15) is 18.4 Å². The van der Waals surface area contributed by atoms with E-state index in [-0.39, 0.29) is 0 Å². The smallest absolute Gasteiger partial charge is 0.0254 e. The van der Waals surface area contributed by atoms with Gasteiger partial charge in [-0.05, 0) is 24.3 Å². The first kappa shape index (κ1) is 9.37. The summed E-state index contributed by atoms with van der Waals surface area (Å²) in [4.78, 5) is 2.56. The summed E-state index contributed by atoms with van der Waals surface area (Å²) in [5.74, 6) is 0.763. The van der Waals surface area contributed by atoms with Crippen molar-refractivity contribution in [2.45, 2.75) is 31.5 Å². The summed E-state index contributed by atoms with van der Waals surface area (Å²) in [6, 6.07) is 11.8. The Morgan fingerprint density at radius 2 is 2.00 bits per heavy atom. The van der Waals surface area contributed by atoms with Gasteiger partial charge in [-0.3, -0.25) is 4.90 Å². The largest absolute Gasteiger partial charge is 0.326 e. The molecule has 2 N–H and O–H groups in total. The molecule has 1 aliphatic heterocycles. The van der Waals surface area contributed by atoms with Crippen molar-refractivity contribution < 1.29 is 0 Å². The van der Waals surface area contributed by atoms with Crippen LogP contribution >= 0.6 is 0 Å². The summed E-state index contributed by atoms with van der Waals surface area (Å²) < 4.78 is 0. The quantitative estimate of drug-likeness (QED) is 0.789. The molecule has 1 aromatic carbocycles. The van der Waals surface area contributed by atoms with E-state index in [4.69, 9.17) is 5.73 Å². The Kier molecular flexibility index (Phi) is 2.26. The molecule has 2 heteroatoms. The number of piperidine rings is 1. The molecule has 1 aromatic rings. The Hall–Kier alpha value is -0.860. The SMILES string of the molecule is N[C@@H]1[C@H]2CC[C@@H]1N(Cc1ccccc1)C2. The van der Waals surface area contributed by atoms with Crippen LogP contribution in [0, 0.1) is 5.92 Å². The molecule has 0 amide bonds. The average molecular weight is 202 g/mol. The zero-order valence-corrected chi connectivity index (χ0v) is 8.97. The molecule has 1 saturated heterocycles. The van der Waals surface area contributed by atoms with Crippen molar-refractivity contribution in [3.8, 4) is 0 Å². The first-order valence-electron chi connectivity index (χ1n) is 5.88. The van der Waals surface area contributed by atoms with Crippen LogP contribution in [0.5, 0.6) is 0 Å². The number of fused-ring (bicyclic) bond motifs is 2. The maximum Gasteiger partial charge on any atom is 0.0254 e. The number of likely N-dealkylation sites (tertiary alicyclic amines) is 1. The van der Waals surface area contributed by atoms with Crippen molar-refractivity contribution in [1.82, 2.24) is 4.90 Å². The normalized spacial score (nSPS) is 34.9. The van der Waals surface area contributed by atoms with Crippen LogP contribution in [0.2, 0.25) is 0 Å². The van der Waals surface area contributed by atoms with Gasteiger partial charge in [-0.15, -0.1) is 0 Å². The average Bonchev–Trinajstić information content (AvgIpc) is 2.75. The van der Waals surface area contributed by atoms with Crippen molar-refractivity contribution in [2.24, 2.45) is 11.7 Å². The minimum absolute atomic E-state index is 0.439. The summed E-state index contributed by atoms with van der Waals surface area (Å²) in [6.07, 6.45) is 2.65. The fraction of sp³-hybridized carbons (Fsp3) is 0.538. The Labute approximate surface area is 91.1 Å². The van der Waals surface area contributed by atoms with Gasteiger partial charge in [-0.1, -0.05) is 30.3 Å². The monoisotopic (exact) mass is 202 g/mol. The molecular formula is C13H18N2. The van der Waals surface area contributed by atoms with Crippen molar-refractivity contribution >= 4 is 0 Å². The van der Waals surface area contributed by atoms with E-state index in [1.54, 1.807) is 0 Å². The summed E-state index contributed by atoms with van der Waals surface area (Å²) >= 11 is 0. The van der Waals surface area contributed by atoms with Crippen LogP contribution in [0.25, 0.3) is 0 Å². The van der Waals surface area contributed by atoms with Crippen LogP contribution < -0.4 is 5.73 Å². The highest BCUT2D eigenvalue weighted by Gasteiger charge is 2.44. The maximum atomic E-state index is 6.19. The van der Waals surface area contributed by atoms with Gasteiger partial charge in [0.2, 0.25) is 0 Å². The van der Waals surface area contributed by atoms with E-state index in [1.807, 2.05) is 0 Å². The van der Waals surface area contributed by atoms with Crippen molar-refractivity contribution in [2.75, 3.05) is 6.54 Å². The van der Waals surface area contributed by atoms with Gasteiger partial charge in [-0.25, -0.2) is 0 Å². The molecule has 1 aliphatic carbocycles. The third kappa shape index (κ3) is 1.58. The van der Waals surface area contributed by atoms with Gasteiger partial charge in [-0.2, -0.15) is 0 Å². The van der Waals surface area contributed by atoms with E-state index in [0.717, 1.165) is 12.5 Å². The number of nitrogens with zero attached hydrogens (tertiary/aromatic N) is 1. The van der Waals surface area contributed by atoms with Crippen LogP contribution in [0.4, 0.5) is 0 Å². The molecule has 3 atom stereocenters. The minimum atomic E-state index is 0.439. The molecule has 2 nitrogen and oxygen atoms in total. The standard InChI is InChI=1S/C13H18N2/c14-13-11-6-7-12(13)15(9-11)8-10-4-2-1-3-5-10/h1-5,11-13H,6-9,14H2/t11-,12-,13+/m0/s1. The lowest BCUT2D eigenvalue weighted by atomic mass is 10.1. The Morgan fingerprint density at radius 1 is 1.20 bits per heavy atom. The lowest BCUT2D eigenvalue weighted by molar-refractivity contribution is 0.203. The van der Waals surface area contributed by atoms with Gasteiger partial charge >= 0.3 is 0 Å². The van der Waals surface area contributed by atoms with E-state index in [9.17, 15) is 0 Å². The minimum Gasteiger partial charge on any atom is -0.326 e.